The van der Waals surface area contributed by atoms with Crippen LogP contribution in [0.1, 0.15) is 47.4 Å². The van der Waals surface area contributed by atoms with Crippen molar-refractivity contribution in [2.24, 2.45) is 5.92 Å². The van der Waals surface area contributed by atoms with E-state index >= 15 is 0 Å². The summed E-state index contributed by atoms with van der Waals surface area (Å²) in [6.07, 6.45) is 2.25. The molecule has 1 aromatic heterocycles. The Kier molecular flexibility index (Phi) is 8.02. The van der Waals surface area contributed by atoms with Gasteiger partial charge < -0.3 is 15.4 Å². The van der Waals surface area contributed by atoms with Crippen molar-refractivity contribution in [3.05, 3.63) is 57.9 Å². The number of hydrogen-bond acceptors (Lipinski definition) is 4. The van der Waals surface area contributed by atoms with Crippen LogP contribution in [0.5, 0.6) is 5.75 Å². The minimum atomic E-state index is -0.647. The van der Waals surface area contributed by atoms with E-state index in [0.29, 0.717) is 17.0 Å². The third kappa shape index (κ3) is 6.19. The molecule has 1 aromatic carbocycles. The normalized spacial score (nSPS) is 11.8. The molecule has 0 radical (unpaired) electrons. The van der Waals surface area contributed by atoms with E-state index in [1.807, 2.05) is 27.7 Å². The number of pyridine rings is 1. The summed E-state index contributed by atoms with van der Waals surface area (Å²) >= 11 is 5.87. The molecule has 156 valence electrons. The molecule has 2 aromatic rings. The van der Waals surface area contributed by atoms with Crippen molar-refractivity contribution in [1.82, 2.24) is 15.6 Å². The number of carbonyl (C=O) groups is 2. The molecule has 0 saturated heterocycles. The van der Waals surface area contributed by atoms with E-state index in [0.717, 1.165) is 22.6 Å². The first kappa shape index (κ1) is 22.7. The van der Waals surface area contributed by atoms with Gasteiger partial charge in [0.25, 0.3) is 5.91 Å². The van der Waals surface area contributed by atoms with E-state index in [1.165, 1.54) is 0 Å². The Hall–Kier alpha value is -2.60. The summed E-state index contributed by atoms with van der Waals surface area (Å²) in [7, 11) is 1.61. The molecule has 0 fully saturated rings. The van der Waals surface area contributed by atoms with Crippen molar-refractivity contribution < 1.29 is 14.3 Å². The van der Waals surface area contributed by atoms with Gasteiger partial charge in [-0.1, -0.05) is 25.4 Å². The number of carbonyl (C=O) groups excluding carboxylic acids is 2. The average molecular weight is 418 g/mol. The predicted octanol–water partition coefficient (Wildman–Crippen LogP) is 3.82. The predicted molar refractivity (Wildman–Crippen MR) is 114 cm³/mol. The summed E-state index contributed by atoms with van der Waals surface area (Å²) < 4.78 is 5.41. The Labute approximate surface area is 177 Å². The van der Waals surface area contributed by atoms with E-state index in [4.69, 9.17) is 16.3 Å². The zero-order chi connectivity index (χ0) is 21.6. The Morgan fingerprint density at radius 1 is 1.17 bits per heavy atom. The molecule has 2 amide bonds. The van der Waals surface area contributed by atoms with E-state index < -0.39 is 6.04 Å². The first-order valence-electron chi connectivity index (χ1n) is 9.56. The highest BCUT2D eigenvalue weighted by Crippen LogP contribution is 2.23. The van der Waals surface area contributed by atoms with E-state index in [-0.39, 0.29) is 24.3 Å². The third-order valence-corrected chi connectivity index (χ3v) is 4.87. The van der Waals surface area contributed by atoms with Crippen LogP contribution in [0.2, 0.25) is 5.02 Å². The van der Waals surface area contributed by atoms with Gasteiger partial charge in [0.1, 0.15) is 11.8 Å². The molecule has 1 heterocycles. The largest absolute Gasteiger partial charge is 0.496 e. The number of rotatable bonds is 8. The third-order valence-electron chi connectivity index (χ3n) is 4.62. The summed E-state index contributed by atoms with van der Waals surface area (Å²) in [5.41, 5.74) is 3.01. The number of halogens is 1. The number of aryl methyl sites for hydroxylation is 1. The van der Waals surface area contributed by atoms with Gasteiger partial charge in [-0.05, 0) is 50.5 Å². The number of amides is 2. The smallest absolute Gasteiger partial charge is 0.251 e. The Bertz CT molecular complexity index is 866. The lowest BCUT2D eigenvalue weighted by Crippen LogP contribution is -2.47. The molecule has 0 bridgehead atoms. The van der Waals surface area contributed by atoms with Gasteiger partial charge in [0.05, 0.1) is 19.3 Å². The van der Waals surface area contributed by atoms with Crippen LogP contribution in [0.3, 0.4) is 0 Å². The highest BCUT2D eigenvalue weighted by Gasteiger charge is 2.23. The van der Waals surface area contributed by atoms with Crippen LogP contribution in [0.25, 0.3) is 0 Å². The van der Waals surface area contributed by atoms with Crippen LogP contribution in [-0.4, -0.2) is 29.9 Å². The summed E-state index contributed by atoms with van der Waals surface area (Å²) in [4.78, 5) is 29.7. The average Bonchev–Trinajstić information content (AvgIpc) is 2.67. The second kappa shape index (κ2) is 10.3. The monoisotopic (exact) mass is 417 g/mol. The zero-order valence-electron chi connectivity index (χ0n) is 17.5. The standard InChI is InChI=1S/C22H28ClN3O3/c1-13(2)10-18(26-21(27)16-6-8-17(23)9-7-16)22(28)25-12-19-15(4)20(29-5)14(3)11-24-19/h6-9,11,13,18H,10,12H2,1-5H3,(H,25,28)(H,26,27). The molecular formula is C22H28ClN3O3. The van der Waals surface area contributed by atoms with Crippen molar-refractivity contribution in [3.63, 3.8) is 0 Å². The van der Waals surface area contributed by atoms with Crippen LogP contribution in [0.4, 0.5) is 0 Å². The number of hydrogen-bond donors (Lipinski definition) is 2. The van der Waals surface area contributed by atoms with Crippen molar-refractivity contribution in [2.45, 2.75) is 46.7 Å². The van der Waals surface area contributed by atoms with Gasteiger partial charge in [-0.3, -0.25) is 14.6 Å². The molecule has 0 spiro atoms. The number of methoxy groups -OCH3 is 1. The molecule has 0 saturated carbocycles. The first-order valence-corrected chi connectivity index (χ1v) is 9.94. The maximum absolute atomic E-state index is 12.8. The van der Waals surface area contributed by atoms with Crippen molar-refractivity contribution >= 4 is 23.4 Å². The van der Waals surface area contributed by atoms with Gasteiger partial charge in [0, 0.05) is 27.9 Å². The van der Waals surface area contributed by atoms with Gasteiger partial charge in [-0.2, -0.15) is 0 Å². The number of ether oxygens (including phenoxy) is 1. The van der Waals surface area contributed by atoms with Gasteiger partial charge in [-0.25, -0.2) is 0 Å². The maximum Gasteiger partial charge on any atom is 0.251 e. The molecule has 2 rings (SSSR count). The van der Waals surface area contributed by atoms with Crippen LogP contribution < -0.4 is 15.4 Å². The highest BCUT2D eigenvalue weighted by atomic mass is 35.5. The number of nitrogens with one attached hydrogen (secondary N) is 2. The van der Waals surface area contributed by atoms with Crippen molar-refractivity contribution in [1.29, 1.82) is 0 Å². The fourth-order valence-corrected chi connectivity index (χ4v) is 3.22. The van der Waals surface area contributed by atoms with Gasteiger partial charge in [0.2, 0.25) is 5.91 Å². The molecule has 0 aliphatic rings. The van der Waals surface area contributed by atoms with Gasteiger partial charge in [-0.15, -0.1) is 0 Å². The van der Waals surface area contributed by atoms with Crippen LogP contribution in [0, 0.1) is 19.8 Å². The molecule has 6 nitrogen and oxygen atoms in total. The molecule has 1 unspecified atom stereocenters. The Balaban J connectivity index is 2.09. The molecular weight excluding hydrogens is 390 g/mol. The van der Waals surface area contributed by atoms with Crippen LogP contribution in [-0.2, 0) is 11.3 Å². The van der Waals surface area contributed by atoms with Crippen molar-refractivity contribution in [3.8, 4) is 5.75 Å². The van der Waals surface area contributed by atoms with E-state index in [1.54, 1.807) is 37.6 Å². The SMILES string of the molecule is COc1c(C)cnc(CNC(=O)C(CC(C)C)NC(=O)c2ccc(Cl)cc2)c1C. The summed E-state index contributed by atoms with van der Waals surface area (Å²) in [6.45, 7) is 8.10. The number of nitrogens with zero attached hydrogens (tertiary/aromatic N) is 1. The lowest BCUT2D eigenvalue weighted by atomic mass is 10.0. The molecule has 29 heavy (non-hydrogen) atoms. The lowest BCUT2D eigenvalue weighted by Gasteiger charge is -2.21. The highest BCUT2D eigenvalue weighted by molar-refractivity contribution is 6.30. The molecule has 0 aliphatic carbocycles. The van der Waals surface area contributed by atoms with Crippen molar-refractivity contribution in [2.75, 3.05) is 7.11 Å². The molecule has 2 N–H and O–H groups in total. The fraction of sp³-hybridized carbons (Fsp3) is 0.409. The Morgan fingerprint density at radius 2 is 1.83 bits per heavy atom. The van der Waals surface area contributed by atoms with Crippen LogP contribution >= 0.6 is 11.6 Å². The summed E-state index contributed by atoms with van der Waals surface area (Å²) in [5, 5.41) is 6.27. The van der Waals surface area contributed by atoms with Crippen LogP contribution in [0.15, 0.2) is 30.5 Å². The van der Waals surface area contributed by atoms with Gasteiger partial charge in [0.15, 0.2) is 0 Å². The van der Waals surface area contributed by atoms with E-state index in [2.05, 4.69) is 15.6 Å². The Morgan fingerprint density at radius 3 is 2.41 bits per heavy atom. The minimum absolute atomic E-state index is 0.232. The van der Waals surface area contributed by atoms with Gasteiger partial charge >= 0.3 is 0 Å². The second-order valence-corrected chi connectivity index (χ2v) is 7.86. The number of aromatic nitrogens is 1. The fourth-order valence-electron chi connectivity index (χ4n) is 3.09. The lowest BCUT2D eigenvalue weighted by molar-refractivity contribution is -0.123. The summed E-state index contributed by atoms with van der Waals surface area (Å²) in [6, 6.07) is 5.91. The maximum atomic E-state index is 12.8. The molecule has 1 atom stereocenters. The second-order valence-electron chi connectivity index (χ2n) is 7.43. The van der Waals surface area contributed by atoms with E-state index in [9.17, 15) is 9.59 Å². The summed E-state index contributed by atoms with van der Waals surface area (Å²) in [5.74, 6) is 0.435. The number of benzene rings is 1. The quantitative estimate of drug-likeness (QED) is 0.684. The first-order chi connectivity index (χ1) is 13.7. The topological polar surface area (TPSA) is 80.3 Å². The zero-order valence-corrected chi connectivity index (χ0v) is 18.3. The minimum Gasteiger partial charge on any atom is -0.496 e. The molecule has 7 heteroatoms. The molecule has 0 aliphatic heterocycles.